The number of hydrogen-bond donors (Lipinski definition) is 2. The minimum absolute atomic E-state index is 0.0795. The van der Waals surface area contributed by atoms with Crippen LogP contribution >= 0.6 is 11.3 Å². The van der Waals surface area contributed by atoms with Crippen molar-refractivity contribution >= 4 is 28.2 Å². The molecule has 0 saturated carbocycles. The highest BCUT2D eigenvalue weighted by Gasteiger charge is 2.22. The molecule has 0 fully saturated rings. The van der Waals surface area contributed by atoms with Crippen LogP contribution in [0.4, 0.5) is 10.9 Å². The van der Waals surface area contributed by atoms with Crippen LogP contribution in [0.5, 0.6) is 0 Å². The lowest BCUT2D eigenvalue weighted by Gasteiger charge is -2.23. The standard InChI is InChI=1S/C12H22N4O2S/c1-5-8(2)16(3)11(17)9-10(13)15-12(19-9)14-6-7-18-4/h8H,5-7,13H2,1-4H3,(H,14,15). The number of hydrogen-bond acceptors (Lipinski definition) is 6. The Labute approximate surface area is 118 Å². The highest BCUT2D eigenvalue weighted by atomic mass is 32.1. The molecular weight excluding hydrogens is 264 g/mol. The van der Waals surface area contributed by atoms with Gasteiger partial charge in [0.05, 0.1) is 6.61 Å². The lowest BCUT2D eigenvalue weighted by molar-refractivity contribution is 0.0746. The van der Waals surface area contributed by atoms with Crippen molar-refractivity contribution in [1.29, 1.82) is 0 Å². The monoisotopic (exact) mass is 286 g/mol. The van der Waals surface area contributed by atoms with Gasteiger partial charge in [-0.25, -0.2) is 4.98 Å². The first-order valence-electron chi connectivity index (χ1n) is 6.27. The van der Waals surface area contributed by atoms with E-state index in [1.165, 1.54) is 11.3 Å². The maximum absolute atomic E-state index is 12.3. The van der Waals surface area contributed by atoms with E-state index < -0.39 is 0 Å². The summed E-state index contributed by atoms with van der Waals surface area (Å²) < 4.78 is 4.94. The summed E-state index contributed by atoms with van der Waals surface area (Å²) in [5.41, 5.74) is 5.81. The number of anilines is 2. The Balaban J connectivity index is 2.75. The van der Waals surface area contributed by atoms with E-state index in [-0.39, 0.29) is 17.8 Å². The molecule has 1 rings (SSSR count). The average molecular weight is 286 g/mol. The molecular formula is C12H22N4O2S. The average Bonchev–Trinajstić information content (AvgIpc) is 2.77. The highest BCUT2D eigenvalue weighted by Crippen LogP contribution is 2.26. The summed E-state index contributed by atoms with van der Waals surface area (Å²) in [4.78, 5) is 18.6. The molecule has 1 amide bonds. The van der Waals surface area contributed by atoms with E-state index >= 15 is 0 Å². The fraction of sp³-hybridized carbons (Fsp3) is 0.667. The quantitative estimate of drug-likeness (QED) is 0.745. The van der Waals surface area contributed by atoms with Crippen molar-refractivity contribution in [2.45, 2.75) is 26.3 Å². The SMILES string of the molecule is CCC(C)N(C)C(=O)c1sc(NCCOC)nc1N. The number of ether oxygens (including phenoxy) is 1. The van der Waals surface area contributed by atoms with E-state index in [4.69, 9.17) is 10.5 Å². The molecule has 3 N–H and O–H groups in total. The third-order valence-electron chi connectivity index (χ3n) is 3.00. The second-order valence-corrected chi connectivity index (χ2v) is 5.33. The van der Waals surface area contributed by atoms with Crippen LogP contribution in [-0.2, 0) is 4.74 Å². The Bertz CT molecular complexity index is 422. The Kier molecular flexibility index (Phi) is 6.04. The minimum Gasteiger partial charge on any atom is -0.383 e. The fourth-order valence-corrected chi connectivity index (χ4v) is 2.35. The molecule has 0 aliphatic carbocycles. The second kappa shape index (κ2) is 7.30. The Morgan fingerprint density at radius 3 is 2.89 bits per heavy atom. The summed E-state index contributed by atoms with van der Waals surface area (Å²) in [6.07, 6.45) is 0.903. The van der Waals surface area contributed by atoms with Crippen LogP contribution in [0.2, 0.25) is 0 Å². The molecule has 1 aromatic heterocycles. The first-order valence-corrected chi connectivity index (χ1v) is 7.09. The number of methoxy groups -OCH3 is 1. The number of nitrogens with zero attached hydrogens (tertiary/aromatic N) is 2. The van der Waals surface area contributed by atoms with Gasteiger partial charge in [-0.15, -0.1) is 0 Å². The zero-order chi connectivity index (χ0) is 14.4. The zero-order valence-electron chi connectivity index (χ0n) is 11.9. The van der Waals surface area contributed by atoms with Gasteiger partial charge in [0.2, 0.25) is 0 Å². The van der Waals surface area contributed by atoms with E-state index in [9.17, 15) is 4.79 Å². The Hall–Kier alpha value is -1.34. The van der Waals surface area contributed by atoms with Crippen molar-refractivity contribution in [2.75, 3.05) is 38.4 Å². The van der Waals surface area contributed by atoms with Crippen LogP contribution in [0.1, 0.15) is 29.9 Å². The third-order valence-corrected chi connectivity index (χ3v) is 4.02. The summed E-state index contributed by atoms with van der Waals surface area (Å²) >= 11 is 1.28. The van der Waals surface area contributed by atoms with Crippen molar-refractivity contribution in [3.05, 3.63) is 4.88 Å². The molecule has 108 valence electrons. The van der Waals surface area contributed by atoms with E-state index in [0.717, 1.165) is 6.42 Å². The second-order valence-electron chi connectivity index (χ2n) is 4.33. The van der Waals surface area contributed by atoms with Crippen molar-refractivity contribution in [2.24, 2.45) is 0 Å². The van der Waals surface area contributed by atoms with Crippen LogP contribution in [0, 0.1) is 0 Å². The number of thiazole rings is 1. The number of nitrogen functional groups attached to an aromatic ring is 1. The smallest absolute Gasteiger partial charge is 0.267 e. The number of nitrogens with one attached hydrogen (secondary N) is 1. The predicted octanol–water partition coefficient (Wildman–Crippen LogP) is 1.65. The van der Waals surface area contributed by atoms with Gasteiger partial charge in [0.1, 0.15) is 10.7 Å². The van der Waals surface area contributed by atoms with Crippen LogP contribution in [-0.4, -0.2) is 49.1 Å². The van der Waals surface area contributed by atoms with Crippen LogP contribution in [0.3, 0.4) is 0 Å². The number of rotatable bonds is 7. The van der Waals surface area contributed by atoms with Crippen molar-refractivity contribution < 1.29 is 9.53 Å². The van der Waals surface area contributed by atoms with Gasteiger partial charge in [-0.3, -0.25) is 4.79 Å². The Morgan fingerprint density at radius 2 is 2.32 bits per heavy atom. The van der Waals surface area contributed by atoms with Gasteiger partial charge in [0, 0.05) is 26.7 Å². The summed E-state index contributed by atoms with van der Waals surface area (Å²) in [6.45, 7) is 5.27. The summed E-state index contributed by atoms with van der Waals surface area (Å²) in [7, 11) is 3.42. The lowest BCUT2D eigenvalue weighted by atomic mass is 10.2. The van der Waals surface area contributed by atoms with E-state index in [2.05, 4.69) is 10.3 Å². The first-order chi connectivity index (χ1) is 9.01. The van der Waals surface area contributed by atoms with Gasteiger partial charge >= 0.3 is 0 Å². The molecule has 19 heavy (non-hydrogen) atoms. The summed E-state index contributed by atoms with van der Waals surface area (Å²) in [5, 5.41) is 3.72. The molecule has 0 spiro atoms. The van der Waals surface area contributed by atoms with Crippen LogP contribution in [0.25, 0.3) is 0 Å². The summed E-state index contributed by atoms with van der Waals surface area (Å²) in [6, 6.07) is 0.180. The fourth-order valence-electron chi connectivity index (χ4n) is 1.46. The largest absolute Gasteiger partial charge is 0.383 e. The maximum Gasteiger partial charge on any atom is 0.267 e. The topological polar surface area (TPSA) is 80.5 Å². The number of aromatic nitrogens is 1. The first kappa shape index (κ1) is 15.7. The van der Waals surface area contributed by atoms with Crippen LogP contribution < -0.4 is 11.1 Å². The van der Waals surface area contributed by atoms with E-state index in [1.807, 2.05) is 13.8 Å². The van der Waals surface area contributed by atoms with Gasteiger partial charge in [0.15, 0.2) is 5.13 Å². The summed E-state index contributed by atoms with van der Waals surface area (Å²) in [5.74, 6) is 0.203. The normalized spacial score (nSPS) is 12.2. The van der Waals surface area contributed by atoms with Gasteiger partial charge in [0.25, 0.3) is 5.91 Å². The molecule has 0 bridgehead atoms. The molecule has 0 radical (unpaired) electrons. The lowest BCUT2D eigenvalue weighted by Crippen LogP contribution is -2.34. The number of carbonyl (C=O) groups is 1. The van der Waals surface area contributed by atoms with Gasteiger partial charge in [-0.2, -0.15) is 0 Å². The molecule has 0 aliphatic rings. The highest BCUT2D eigenvalue weighted by molar-refractivity contribution is 7.18. The predicted molar refractivity (Wildman–Crippen MR) is 78.7 cm³/mol. The van der Waals surface area contributed by atoms with Crippen LogP contribution in [0.15, 0.2) is 0 Å². The van der Waals surface area contributed by atoms with Gasteiger partial charge < -0.3 is 20.7 Å². The molecule has 1 aromatic rings. The Morgan fingerprint density at radius 1 is 1.63 bits per heavy atom. The molecule has 1 unspecified atom stereocenters. The molecule has 1 atom stereocenters. The zero-order valence-corrected chi connectivity index (χ0v) is 12.7. The molecule has 7 heteroatoms. The molecule has 1 heterocycles. The van der Waals surface area contributed by atoms with Crippen molar-refractivity contribution in [3.63, 3.8) is 0 Å². The maximum atomic E-state index is 12.3. The van der Waals surface area contributed by atoms with Gasteiger partial charge in [-0.1, -0.05) is 18.3 Å². The van der Waals surface area contributed by atoms with E-state index in [1.54, 1.807) is 19.1 Å². The number of carbonyl (C=O) groups excluding carboxylic acids is 1. The van der Waals surface area contributed by atoms with E-state index in [0.29, 0.717) is 23.2 Å². The molecule has 0 aromatic carbocycles. The third kappa shape index (κ3) is 4.07. The van der Waals surface area contributed by atoms with Crippen molar-refractivity contribution in [3.8, 4) is 0 Å². The number of nitrogens with two attached hydrogens (primary N) is 1. The van der Waals surface area contributed by atoms with Gasteiger partial charge in [-0.05, 0) is 13.3 Å². The minimum atomic E-state index is -0.0795. The molecule has 6 nitrogen and oxygen atoms in total. The molecule has 0 aliphatic heterocycles. The molecule has 0 saturated heterocycles. The van der Waals surface area contributed by atoms with Crippen molar-refractivity contribution in [1.82, 2.24) is 9.88 Å². The number of amides is 1.